The van der Waals surface area contributed by atoms with E-state index in [1.807, 2.05) is 18.3 Å². The number of pyridine rings is 1. The number of halogens is 1. The van der Waals surface area contributed by atoms with Crippen LogP contribution in [0.25, 0.3) is 0 Å². The summed E-state index contributed by atoms with van der Waals surface area (Å²) in [6, 6.07) is 14.7. The van der Waals surface area contributed by atoms with Crippen molar-refractivity contribution < 1.29 is 0 Å². The van der Waals surface area contributed by atoms with E-state index >= 15 is 0 Å². The molecule has 2 aromatic rings. The molecule has 0 amide bonds. The normalized spacial score (nSPS) is 11.6. The fraction of sp³-hybridized carbons (Fsp3) is 0.353. The highest BCUT2D eigenvalue weighted by Crippen LogP contribution is 2.15. The van der Waals surface area contributed by atoms with Crippen LogP contribution in [-0.4, -0.2) is 10.5 Å². The third-order valence-electron chi connectivity index (χ3n) is 3.42. The Morgan fingerprint density at radius 1 is 1.10 bits per heavy atom. The average molecular weight is 333 g/mol. The Hall–Kier alpha value is -1.19. The van der Waals surface area contributed by atoms with Gasteiger partial charge in [0.05, 0.1) is 5.69 Å². The Balaban J connectivity index is 1.83. The minimum Gasteiger partial charge on any atom is -0.306 e. The summed E-state index contributed by atoms with van der Waals surface area (Å²) in [6.07, 6.45) is 4.04. The van der Waals surface area contributed by atoms with Gasteiger partial charge in [0.2, 0.25) is 0 Å². The van der Waals surface area contributed by atoms with Gasteiger partial charge in [-0.2, -0.15) is 0 Å². The summed E-state index contributed by atoms with van der Waals surface area (Å²) in [5, 5.41) is 3.59. The quantitative estimate of drug-likeness (QED) is 0.850. The zero-order chi connectivity index (χ0) is 14.4. The monoisotopic (exact) mass is 332 g/mol. The molecule has 2 nitrogen and oxygen atoms in total. The second-order valence-corrected chi connectivity index (χ2v) is 6.61. The molecule has 3 heteroatoms. The highest BCUT2D eigenvalue weighted by atomic mass is 79.9. The third kappa shape index (κ3) is 5.06. The number of aromatic nitrogens is 1. The number of aryl methyl sites for hydroxylation is 1. The molecule has 20 heavy (non-hydrogen) atoms. The van der Waals surface area contributed by atoms with Crippen LogP contribution in [0.15, 0.2) is 53.1 Å². The lowest BCUT2D eigenvalue weighted by Gasteiger charge is -2.26. The van der Waals surface area contributed by atoms with E-state index in [4.69, 9.17) is 0 Å². The van der Waals surface area contributed by atoms with E-state index in [0.29, 0.717) is 0 Å². The van der Waals surface area contributed by atoms with Crippen molar-refractivity contribution in [1.29, 1.82) is 0 Å². The number of rotatable bonds is 6. The Kier molecular flexibility index (Phi) is 5.32. The topological polar surface area (TPSA) is 24.9 Å². The van der Waals surface area contributed by atoms with Crippen molar-refractivity contribution in [2.24, 2.45) is 0 Å². The molecule has 0 aliphatic carbocycles. The van der Waals surface area contributed by atoms with Crippen LogP contribution in [0.5, 0.6) is 0 Å². The first-order valence-electron chi connectivity index (χ1n) is 6.95. The lowest BCUT2D eigenvalue weighted by atomic mass is 9.95. The van der Waals surface area contributed by atoms with Crippen LogP contribution in [-0.2, 0) is 13.0 Å². The Morgan fingerprint density at radius 3 is 2.50 bits per heavy atom. The number of benzene rings is 1. The summed E-state index contributed by atoms with van der Waals surface area (Å²) in [4.78, 5) is 4.39. The average Bonchev–Trinajstić information content (AvgIpc) is 2.46. The van der Waals surface area contributed by atoms with Crippen LogP contribution in [0, 0.1) is 0 Å². The number of nitrogens with one attached hydrogen (secondary N) is 1. The van der Waals surface area contributed by atoms with Crippen molar-refractivity contribution in [3.63, 3.8) is 0 Å². The Morgan fingerprint density at radius 2 is 1.85 bits per heavy atom. The summed E-state index contributed by atoms with van der Waals surface area (Å²) in [5.41, 5.74) is 2.56. The molecule has 0 spiro atoms. The van der Waals surface area contributed by atoms with E-state index in [1.165, 1.54) is 5.56 Å². The zero-order valence-electron chi connectivity index (χ0n) is 12.1. The van der Waals surface area contributed by atoms with Gasteiger partial charge in [-0.1, -0.05) is 30.3 Å². The van der Waals surface area contributed by atoms with Crippen molar-refractivity contribution in [1.82, 2.24) is 10.3 Å². The standard InChI is InChI=1S/C17H21BrN2/c1-17(2,11-10-14-6-4-3-5-7-14)20-13-16-9-8-15(18)12-19-16/h3-9,12,20H,10-11,13H2,1-2H3. The van der Waals surface area contributed by atoms with Crippen molar-refractivity contribution in [3.05, 3.63) is 64.4 Å². The van der Waals surface area contributed by atoms with Gasteiger partial charge < -0.3 is 5.32 Å². The van der Waals surface area contributed by atoms with E-state index in [9.17, 15) is 0 Å². The minimum absolute atomic E-state index is 0.102. The van der Waals surface area contributed by atoms with Crippen molar-refractivity contribution in [2.75, 3.05) is 0 Å². The first-order chi connectivity index (χ1) is 9.55. The summed E-state index contributed by atoms with van der Waals surface area (Å²) in [6.45, 7) is 5.29. The highest BCUT2D eigenvalue weighted by molar-refractivity contribution is 9.10. The maximum atomic E-state index is 4.39. The molecule has 0 bridgehead atoms. The van der Waals surface area contributed by atoms with Gasteiger partial charge in [-0.25, -0.2) is 0 Å². The van der Waals surface area contributed by atoms with Crippen LogP contribution in [0.1, 0.15) is 31.5 Å². The molecule has 1 aromatic carbocycles. The van der Waals surface area contributed by atoms with Gasteiger partial charge in [-0.3, -0.25) is 4.98 Å². The van der Waals surface area contributed by atoms with E-state index in [-0.39, 0.29) is 5.54 Å². The van der Waals surface area contributed by atoms with E-state index < -0.39 is 0 Å². The molecule has 106 valence electrons. The lowest BCUT2D eigenvalue weighted by Crippen LogP contribution is -2.39. The molecular formula is C17H21BrN2. The summed E-state index contributed by atoms with van der Waals surface area (Å²) < 4.78 is 1.02. The predicted molar refractivity (Wildman–Crippen MR) is 87.6 cm³/mol. The van der Waals surface area contributed by atoms with Gasteiger partial charge in [0.15, 0.2) is 0 Å². The minimum atomic E-state index is 0.102. The third-order valence-corrected chi connectivity index (χ3v) is 3.89. The van der Waals surface area contributed by atoms with Gasteiger partial charge in [-0.15, -0.1) is 0 Å². The molecule has 0 atom stereocenters. The molecule has 2 rings (SSSR count). The molecule has 0 unspecified atom stereocenters. The second kappa shape index (κ2) is 7.00. The summed E-state index contributed by atoms with van der Waals surface area (Å²) in [5.74, 6) is 0. The zero-order valence-corrected chi connectivity index (χ0v) is 13.7. The van der Waals surface area contributed by atoms with Crippen LogP contribution in [0.4, 0.5) is 0 Å². The molecule has 0 saturated carbocycles. The molecule has 0 aliphatic rings. The lowest BCUT2D eigenvalue weighted by molar-refractivity contribution is 0.358. The largest absolute Gasteiger partial charge is 0.306 e. The van der Waals surface area contributed by atoms with Crippen LogP contribution in [0.2, 0.25) is 0 Å². The Labute approximate surface area is 129 Å². The van der Waals surface area contributed by atoms with Crippen molar-refractivity contribution in [3.8, 4) is 0 Å². The van der Waals surface area contributed by atoms with E-state index in [2.05, 4.69) is 70.4 Å². The molecule has 0 saturated heterocycles. The van der Waals surface area contributed by atoms with Gasteiger partial charge in [0.1, 0.15) is 0 Å². The molecule has 0 aliphatic heterocycles. The first kappa shape index (κ1) is 15.2. The van der Waals surface area contributed by atoms with Crippen LogP contribution < -0.4 is 5.32 Å². The van der Waals surface area contributed by atoms with Gasteiger partial charge in [0, 0.05) is 22.8 Å². The van der Waals surface area contributed by atoms with Crippen LogP contribution in [0.3, 0.4) is 0 Å². The van der Waals surface area contributed by atoms with Gasteiger partial charge in [0.25, 0.3) is 0 Å². The van der Waals surface area contributed by atoms with Crippen LogP contribution >= 0.6 is 15.9 Å². The SMILES string of the molecule is CC(C)(CCc1ccccc1)NCc1ccc(Br)cn1. The maximum Gasteiger partial charge on any atom is 0.0542 e. The summed E-state index contributed by atoms with van der Waals surface area (Å²) >= 11 is 3.40. The molecular weight excluding hydrogens is 312 g/mol. The Bertz CT molecular complexity index is 520. The first-order valence-corrected chi connectivity index (χ1v) is 7.74. The fourth-order valence-electron chi connectivity index (χ4n) is 2.03. The van der Waals surface area contributed by atoms with E-state index in [0.717, 1.165) is 29.6 Å². The molecule has 0 fully saturated rings. The smallest absolute Gasteiger partial charge is 0.0542 e. The fourth-order valence-corrected chi connectivity index (χ4v) is 2.27. The molecule has 1 aromatic heterocycles. The molecule has 1 N–H and O–H groups in total. The molecule has 0 radical (unpaired) electrons. The maximum absolute atomic E-state index is 4.39. The second-order valence-electron chi connectivity index (χ2n) is 5.69. The van der Waals surface area contributed by atoms with Crippen molar-refractivity contribution in [2.45, 2.75) is 38.8 Å². The predicted octanol–water partition coefficient (Wildman–Crippen LogP) is 4.35. The van der Waals surface area contributed by atoms with Gasteiger partial charge >= 0.3 is 0 Å². The molecule has 1 heterocycles. The van der Waals surface area contributed by atoms with E-state index in [1.54, 1.807) is 0 Å². The number of nitrogens with zero attached hydrogens (tertiary/aromatic N) is 1. The summed E-state index contributed by atoms with van der Waals surface area (Å²) in [7, 11) is 0. The number of hydrogen-bond acceptors (Lipinski definition) is 2. The van der Waals surface area contributed by atoms with Crippen molar-refractivity contribution >= 4 is 15.9 Å². The number of hydrogen-bond donors (Lipinski definition) is 1. The highest BCUT2D eigenvalue weighted by Gasteiger charge is 2.16. The van der Waals surface area contributed by atoms with Gasteiger partial charge in [-0.05, 0) is 60.3 Å².